The number of anilines is 1. The van der Waals surface area contributed by atoms with E-state index < -0.39 is 5.41 Å². The highest BCUT2D eigenvalue weighted by molar-refractivity contribution is 5.83. The van der Waals surface area contributed by atoms with E-state index in [1.165, 1.54) is 0 Å². The van der Waals surface area contributed by atoms with Crippen LogP contribution in [0, 0.1) is 5.41 Å². The maximum atomic E-state index is 9.59. The van der Waals surface area contributed by atoms with Crippen LogP contribution in [-0.4, -0.2) is 66.2 Å². The first kappa shape index (κ1) is 17.9. The molecule has 1 aliphatic heterocycles. The largest absolute Gasteiger partial charge is 0.396 e. The van der Waals surface area contributed by atoms with E-state index in [2.05, 4.69) is 30.0 Å². The van der Waals surface area contributed by atoms with Gasteiger partial charge in [-0.1, -0.05) is 6.92 Å². The summed E-state index contributed by atoms with van der Waals surface area (Å²) in [6.45, 7) is 3.82. The number of aliphatic hydroxyl groups excluding tert-OH is 2. The van der Waals surface area contributed by atoms with Gasteiger partial charge in [0.1, 0.15) is 6.33 Å². The molecule has 4 rings (SSSR count). The van der Waals surface area contributed by atoms with Gasteiger partial charge in [-0.15, -0.1) is 0 Å². The number of hydrogen-bond acceptors (Lipinski definition) is 7. The standard InChI is InChI=1S/C18H25N7O2/c1-18(9-26,10-27)8-25-12-21-15-16(19-11-20-17(15)25)24-6-2-3-13(7-24)14-4-5-22-23-14/h4-5,11-13,26-27H,2-3,6-10H2,1H3,(H,22,23). The number of aromatic nitrogens is 6. The molecule has 9 heteroatoms. The third-order valence-electron chi connectivity index (χ3n) is 5.38. The second-order valence-electron chi connectivity index (χ2n) is 7.67. The van der Waals surface area contributed by atoms with E-state index in [0.717, 1.165) is 48.6 Å². The fourth-order valence-electron chi connectivity index (χ4n) is 3.69. The lowest BCUT2D eigenvalue weighted by Crippen LogP contribution is -2.35. The van der Waals surface area contributed by atoms with Gasteiger partial charge in [0.15, 0.2) is 17.0 Å². The highest BCUT2D eigenvalue weighted by Crippen LogP contribution is 2.31. The molecule has 0 amide bonds. The second-order valence-corrected chi connectivity index (χ2v) is 7.67. The van der Waals surface area contributed by atoms with E-state index in [4.69, 9.17) is 0 Å². The first-order valence-electron chi connectivity index (χ1n) is 9.25. The molecule has 0 aromatic carbocycles. The van der Waals surface area contributed by atoms with E-state index in [-0.39, 0.29) is 13.2 Å². The molecule has 1 unspecified atom stereocenters. The molecular weight excluding hydrogens is 346 g/mol. The van der Waals surface area contributed by atoms with Crippen molar-refractivity contribution < 1.29 is 10.2 Å². The number of nitrogens with one attached hydrogen (secondary N) is 1. The van der Waals surface area contributed by atoms with Crippen LogP contribution in [0.2, 0.25) is 0 Å². The van der Waals surface area contributed by atoms with Gasteiger partial charge in [0.25, 0.3) is 0 Å². The first-order chi connectivity index (χ1) is 13.1. The average Bonchev–Trinajstić information content (AvgIpc) is 3.38. The van der Waals surface area contributed by atoms with Crippen LogP contribution in [-0.2, 0) is 6.54 Å². The topological polar surface area (TPSA) is 116 Å². The molecule has 0 aliphatic carbocycles. The minimum Gasteiger partial charge on any atom is -0.396 e. The van der Waals surface area contributed by atoms with Crippen molar-refractivity contribution in [1.82, 2.24) is 29.7 Å². The second kappa shape index (κ2) is 7.24. The zero-order valence-corrected chi connectivity index (χ0v) is 15.4. The van der Waals surface area contributed by atoms with Crippen LogP contribution in [0.25, 0.3) is 11.2 Å². The van der Waals surface area contributed by atoms with Crippen molar-refractivity contribution >= 4 is 17.0 Å². The fourth-order valence-corrected chi connectivity index (χ4v) is 3.69. The van der Waals surface area contributed by atoms with Gasteiger partial charge in [-0.25, -0.2) is 15.0 Å². The molecule has 4 heterocycles. The van der Waals surface area contributed by atoms with Crippen molar-refractivity contribution in [3.63, 3.8) is 0 Å². The normalized spacial score (nSPS) is 18.3. The molecular formula is C18H25N7O2. The van der Waals surface area contributed by atoms with Gasteiger partial charge in [-0.05, 0) is 18.9 Å². The number of aromatic amines is 1. The van der Waals surface area contributed by atoms with Crippen LogP contribution >= 0.6 is 0 Å². The number of hydrogen-bond donors (Lipinski definition) is 3. The first-order valence-corrected chi connectivity index (χ1v) is 9.25. The van der Waals surface area contributed by atoms with Crippen molar-refractivity contribution in [2.75, 3.05) is 31.2 Å². The zero-order chi connectivity index (χ0) is 18.9. The molecule has 9 nitrogen and oxygen atoms in total. The number of piperidine rings is 1. The molecule has 0 saturated carbocycles. The molecule has 144 valence electrons. The van der Waals surface area contributed by atoms with Crippen LogP contribution in [0.1, 0.15) is 31.4 Å². The highest BCUT2D eigenvalue weighted by atomic mass is 16.3. The summed E-state index contributed by atoms with van der Waals surface area (Å²) < 4.78 is 1.88. The molecule has 3 aromatic heterocycles. The van der Waals surface area contributed by atoms with Gasteiger partial charge in [0.2, 0.25) is 0 Å². The summed E-state index contributed by atoms with van der Waals surface area (Å²) in [6.07, 6.45) is 7.25. The quantitative estimate of drug-likeness (QED) is 0.590. The van der Waals surface area contributed by atoms with Gasteiger partial charge in [-0.2, -0.15) is 5.10 Å². The van der Waals surface area contributed by atoms with Gasteiger partial charge >= 0.3 is 0 Å². The molecule has 1 aliphatic rings. The van der Waals surface area contributed by atoms with Crippen LogP contribution in [0.4, 0.5) is 5.82 Å². The van der Waals surface area contributed by atoms with Crippen molar-refractivity contribution in [3.05, 3.63) is 30.6 Å². The van der Waals surface area contributed by atoms with E-state index in [0.29, 0.717) is 12.5 Å². The Morgan fingerprint density at radius 2 is 2.11 bits per heavy atom. The van der Waals surface area contributed by atoms with E-state index in [1.807, 2.05) is 17.6 Å². The predicted molar refractivity (Wildman–Crippen MR) is 100 cm³/mol. The SMILES string of the molecule is CC(CO)(CO)Cn1cnc2c(N3CCCC(c4ccn[nH]4)C3)ncnc21. The van der Waals surface area contributed by atoms with Crippen LogP contribution in [0.15, 0.2) is 24.9 Å². The smallest absolute Gasteiger partial charge is 0.165 e. The Morgan fingerprint density at radius 3 is 2.85 bits per heavy atom. The third-order valence-corrected chi connectivity index (χ3v) is 5.38. The summed E-state index contributed by atoms with van der Waals surface area (Å²) in [5.41, 5.74) is 1.99. The van der Waals surface area contributed by atoms with Gasteiger partial charge in [-0.3, -0.25) is 5.10 Å². The summed E-state index contributed by atoms with van der Waals surface area (Å²) in [6, 6.07) is 2.03. The predicted octanol–water partition coefficient (Wildman–Crippen LogP) is 0.924. The Balaban J connectivity index is 1.63. The average molecular weight is 371 g/mol. The molecule has 27 heavy (non-hydrogen) atoms. The molecule has 1 fully saturated rings. The molecule has 0 radical (unpaired) electrons. The Morgan fingerprint density at radius 1 is 1.26 bits per heavy atom. The Bertz CT molecular complexity index is 888. The van der Waals surface area contributed by atoms with Gasteiger partial charge in [0.05, 0.1) is 19.5 Å². The molecule has 1 atom stereocenters. The molecule has 0 spiro atoms. The zero-order valence-electron chi connectivity index (χ0n) is 15.4. The van der Waals surface area contributed by atoms with Crippen LogP contribution in [0.3, 0.4) is 0 Å². The number of nitrogens with zero attached hydrogens (tertiary/aromatic N) is 6. The number of imidazole rings is 1. The van der Waals surface area contributed by atoms with Gasteiger partial charge in [0, 0.05) is 42.9 Å². The van der Waals surface area contributed by atoms with Crippen molar-refractivity contribution in [1.29, 1.82) is 0 Å². The Labute approximate surface area is 157 Å². The monoisotopic (exact) mass is 371 g/mol. The molecule has 3 N–H and O–H groups in total. The van der Waals surface area contributed by atoms with Crippen molar-refractivity contribution in [2.45, 2.75) is 32.2 Å². The minimum absolute atomic E-state index is 0.112. The Kier molecular flexibility index (Phi) is 4.79. The maximum absolute atomic E-state index is 9.59. The van der Waals surface area contributed by atoms with E-state index in [1.54, 1.807) is 18.9 Å². The summed E-state index contributed by atoms with van der Waals surface area (Å²) >= 11 is 0. The summed E-state index contributed by atoms with van der Waals surface area (Å²) in [5.74, 6) is 1.22. The molecule has 1 saturated heterocycles. The fraction of sp³-hybridized carbons (Fsp3) is 0.556. The van der Waals surface area contributed by atoms with Crippen LogP contribution < -0.4 is 4.90 Å². The number of H-pyrrole nitrogens is 1. The minimum atomic E-state index is -0.629. The van der Waals surface area contributed by atoms with Gasteiger partial charge < -0.3 is 19.7 Å². The summed E-state index contributed by atoms with van der Waals surface area (Å²) in [5, 5.41) is 26.3. The summed E-state index contributed by atoms with van der Waals surface area (Å²) in [4.78, 5) is 15.7. The molecule has 3 aromatic rings. The number of aliphatic hydroxyl groups is 2. The van der Waals surface area contributed by atoms with Crippen molar-refractivity contribution in [2.24, 2.45) is 5.41 Å². The van der Waals surface area contributed by atoms with E-state index >= 15 is 0 Å². The highest BCUT2D eigenvalue weighted by Gasteiger charge is 2.27. The lowest BCUT2D eigenvalue weighted by molar-refractivity contribution is 0.0562. The maximum Gasteiger partial charge on any atom is 0.165 e. The van der Waals surface area contributed by atoms with Crippen molar-refractivity contribution in [3.8, 4) is 0 Å². The lowest BCUT2D eigenvalue weighted by Gasteiger charge is -2.33. The summed E-state index contributed by atoms with van der Waals surface area (Å²) in [7, 11) is 0. The lowest BCUT2D eigenvalue weighted by atomic mass is 9.93. The number of fused-ring (bicyclic) bond motifs is 1. The molecule has 0 bridgehead atoms. The van der Waals surface area contributed by atoms with Crippen LogP contribution in [0.5, 0.6) is 0 Å². The Hall–Kier alpha value is -2.52. The third kappa shape index (κ3) is 3.40. The van der Waals surface area contributed by atoms with E-state index in [9.17, 15) is 10.2 Å². The number of rotatable bonds is 6.